The van der Waals surface area contributed by atoms with Gasteiger partial charge in [-0.1, -0.05) is 42.5 Å². The molecule has 1 unspecified atom stereocenters. The van der Waals surface area contributed by atoms with Gasteiger partial charge in [-0.3, -0.25) is 4.79 Å². The van der Waals surface area contributed by atoms with Gasteiger partial charge >= 0.3 is 0 Å². The van der Waals surface area contributed by atoms with E-state index >= 15 is 0 Å². The van der Waals surface area contributed by atoms with Crippen molar-refractivity contribution in [3.8, 4) is 17.0 Å². The molecule has 1 atom stereocenters. The van der Waals surface area contributed by atoms with Crippen molar-refractivity contribution in [3.63, 3.8) is 0 Å². The topological polar surface area (TPSA) is 67.3 Å². The third kappa shape index (κ3) is 4.59. The molecule has 1 fully saturated rings. The molecular formula is C24H26N4O2. The molecule has 6 heteroatoms. The third-order valence-electron chi connectivity index (χ3n) is 5.28. The molecule has 1 amide bonds. The fourth-order valence-electron chi connectivity index (χ4n) is 3.74. The number of anilines is 2. The number of rotatable bonds is 6. The van der Waals surface area contributed by atoms with Crippen LogP contribution in [-0.2, 0) is 4.79 Å². The lowest BCUT2D eigenvalue weighted by atomic mass is 9.97. The molecule has 0 bridgehead atoms. The maximum Gasteiger partial charge on any atom is 0.229 e. The van der Waals surface area contributed by atoms with Crippen LogP contribution in [0.5, 0.6) is 5.75 Å². The molecule has 0 saturated carbocycles. The number of benzene rings is 2. The number of hydrogen-bond acceptors (Lipinski definition) is 5. The molecule has 0 spiro atoms. The molecule has 1 N–H and O–H groups in total. The van der Waals surface area contributed by atoms with Crippen LogP contribution in [0.2, 0.25) is 0 Å². The van der Waals surface area contributed by atoms with Gasteiger partial charge in [0.05, 0.1) is 23.9 Å². The smallest absolute Gasteiger partial charge is 0.229 e. The van der Waals surface area contributed by atoms with Crippen molar-refractivity contribution in [2.45, 2.75) is 19.8 Å². The molecule has 3 aromatic rings. The number of hydrogen-bond donors (Lipinski definition) is 1. The van der Waals surface area contributed by atoms with Crippen LogP contribution in [-0.4, -0.2) is 35.8 Å². The molecule has 0 radical (unpaired) electrons. The minimum absolute atomic E-state index is 0.0146. The summed E-state index contributed by atoms with van der Waals surface area (Å²) in [6.07, 6.45) is 1.79. The highest BCUT2D eigenvalue weighted by molar-refractivity contribution is 5.94. The number of carbonyl (C=O) groups excluding carboxylic acids is 1. The van der Waals surface area contributed by atoms with Gasteiger partial charge in [-0.15, -0.1) is 10.2 Å². The van der Waals surface area contributed by atoms with Crippen molar-refractivity contribution in [1.82, 2.24) is 10.2 Å². The maximum absolute atomic E-state index is 12.9. The van der Waals surface area contributed by atoms with Gasteiger partial charge in [0.1, 0.15) is 5.75 Å². The Balaban J connectivity index is 1.42. The number of nitrogens with zero attached hydrogens (tertiary/aromatic N) is 3. The number of amides is 1. The highest BCUT2D eigenvalue weighted by Gasteiger charge is 2.27. The zero-order chi connectivity index (χ0) is 20.8. The number of aromatic nitrogens is 2. The average molecular weight is 402 g/mol. The standard InChI is InChI=1S/C24H26N4O2/c1-2-30-22-13-7-6-12-21(22)25-24(29)19-11-8-16-28(17-19)23-15-14-20(26-27-23)18-9-4-3-5-10-18/h3-7,9-10,12-15,19H,2,8,11,16-17H2,1H3,(H,25,29). The highest BCUT2D eigenvalue weighted by Crippen LogP contribution is 2.27. The van der Waals surface area contributed by atoms with Crippen molar-refractivity contribution < 1.29 is 9.53 Å². The molecule has 1 aliphatic heterocycles. The Labute approximate surface area is 176 Å². The van der Waals surface area contributed by atoms with E-state index < -0.39 is 0 Å². The SMILES string of the molecule is CCOc1ccccc1NC(=O)C1CCCN(c2ccc(-c3ccccc3)nn2)C1. The normalized spacial score (nSPS) is 16.2. The molecule has 4 rings (SSSR count). The Morgan fingerprint density at radius 1 is 1.07 bits per heavy atom. The first-order valence-electron chi connectivity index (χ1n) is 10.4. The third-order valence-corrected chi connectivity index (χ3v) is 5.28. The number of ether oxygens (including phenoxy) is 1. The van der Waals surface area contributed by atoms with E-state index in [1.54, 1.807) is 0 Å². The van der Waals surface area contributed by atoms with E-state index in [4.69, 9.17) is 4.74 Å². The lowest BCUT2D eigenvalue weighted by Crippen LogP contribution is -2.41. The minimum atomic E-state index is -0.107. The van der Waals surface area contributed by atoms with Gasteiger partial charge < -0.3 is 15.0 Å². The summed E-state index contributed by atoms with van der Waals surface area (Å²) in [6.45, 7) is 3.99. The van der Waals surface area contributed by atoms with Crippen LogP contribution in [0.25, 0.3) is 11.3 Å². The van der Waals surface area contributed by atoms with Crippen LogP contribution in [0.4, 0.5) is 11.5 Å². The summed E-state index contributed by atoms with van der Waals surface area (Å²) in [6, 6.07) is 21.5. The molecule has 0 aliphatic carbocycles. The molecule has 2 aromatic carbocycles. The van der Waals surface area contributed by atoms with Crippen molar-refractivity contribution in [3.05, 3.63) is 66.7 Å². The number of para-hydroxylation sites is 2. The van der Waals surface area contributed by atoms with E-state index in [2.05, 4.69) is 20.4 Å². The predicted octanol–water partition coefficient (Wildman–Crippen LogP) is 4.40. The second-order valence-corrected chi connectivity index (χ2v) is 7.35. The lowest BCUT2D eigenvalue weighted by Gasteiger charge is -2.32. The van der Waals surface area contributed by atoms with Gasteiger partial charge in [0.25, 0.3) is 0 Å². The average Bonchev–Trinajstić information content (AvgIpc) is 2.81. The Bertz CT molecular complexity index is 976. The molecule has 30 heavy (non-hydrogen) atoms. The van der Waals surface area contributed by atoms with Crippen molar-refractivity contribution >= 4 is 17.4 Å². The van der Waals surface area contributed by atoms with Crippen molar-refractivity contribution in [1.29, 1.82) is 0 Å². The van der Waals surface area contributed by atoms with Crippen LogP contribution >= 0.6 is 0 Å². The summed E-state index contributed by atoms with van der Waals surface area (Å²) in [7, 11) is 0. The molecule has 1 aliphatic rings. The Kier molecular flexibility index (Phi) is 6.23. The predicted molar refractivity (Wildman–Crippen MR) is 119 cm³/mol. The van der Waals surface area contributed by atoms with Crippen LogP contribution < -0.4 is 15.0 Å². The Morgan fingerprint density at radius 3 is 2.63 bits per heavy atom. The maximum atomic E-state index is 12.9. The highest BCUT2D eigenvalue weighted by atomic mass is 16.5. The van der Waals surface area contributed by atoms with Crippen LogP contribution in [0, 0.1) is 5.92 Å². The van der Waals surface area contributed by atoms with E-state index in [0.717, 1.165) is 36.5 Å². The van der Waals surface area contributed by atoms with Gasteiger partial charge in [-0.25, -0.2) is 0 Å². The van der Waals surface area contributed by atoms with E-state index in [1.807, 2.05) is 73.7 Å². The number of nitrogens with one attached hydrogen (secondary N) is 1. The Morgan fingerprint density at radius 2 is 1.87 bits per heavy atom. The van der Waals surface area contributed by atoms with Gasteiger partial charge in [-0.05, 0) is 44.0 Å². The lowest BCUT2D eigenvalue weighted by molar-refractivity contribution is -0.120. The zero-order valence-electron chi connectivity index (χ0n) is 17.1. The van der Waals surface area contributed by atoms with Crippen molar-refractivity contribution in [2.75, 3.05) is 29.9 Å². The summed E-state index contributed by atoms with van der Waals surface area (Å²) in [5, 5.41) is 11.8. The number of piperidine rings is 1. The van der Waals surface area contributed by atoms with E-state index in [1.165, 1.54) is 0 Å². The second-order valence-electron chi connectivity index (χ2n) is 7.35. The zero-order valence-corrected chi connectivity index (χ0v) is 17.1. The van der Waals surface area contributed by atoms with E-state index in [0.29, 0.717) is 24.6 Å². The Hall–Kier alpha value is -3.41. The van der Waals surface area contributed by atoms with E-state index in [-0.39, 0.29) is 11.8 Å². The van der Waals surface area contributed by atoms with Crippen LogP contribution in [0.1, 0.15) is 19.8 Å². The van der Waals surface area contributed by atoms with Gasteiger partial charge in [-0.2, -0.15) is 0 Å². The summed E-state index contributed by atoms with van der Waals surface area (Å²) >= 11 is 0. The molecule has 1 aromatic heterocycles. The molecular weight excluding hydrogens is 376 g/mol. The fourth-order valence-corrected chi connectivity index (χ4v) is 3.74. The fraction of sp³-hybridized carbons (Fsp3) is 0.292. The van der Waals surface area contributed by atoms with Crippen molar-refractivity contribution in [2.24, 2.45) is 5.92 Å². The van der Waals surface area contributed by atoms with E-state index in [9.17, 15) is 4.79 Å². The summed E-state index contributed by atoms with van der Waals surface area (Å²) in [4.78, 5) is 15.1. The largest absolute Gasteiger partial charge is 0.492 e. The van der Waals surface area contributed by atoms with Gasteiger partial charge in [0.15, 0.2) is 5.82 Å². The minimum Gasteiger partial charge on any atom is -0.492 e. The van der Waals surface area contributed by atoms with Gasteiger partial charge in [0.2, 0.25) is 5.91 Å². The molecule has 154 valence electrons. The molecule has 1 saturated heterocycles. The summed E-state index contributed by atoms with van der Waals surface area (Å²) < 4.78 is 5.62. The second kappa shape index (κ2) is 9.39. The van der Waals surface area contributed by atoms with Crippen LogP contribution in [0.15, 0.2) is 66.7 Å². The molecule has 2 heterocycles. The monoisotopic (exact) mass is 402 g/mol. The number of carbonyl (C=O) groups is 1. The van der Waals surface area contributed by atoms with Gasteiger partial charge in [0, 0.05) is 18.7 Å². The first-order chi connectivity index (χ1) is 14.7. The summed E-state index contributed by atoms with van der Waals surface area (Å²) in [5.74, 6) is 1.41. The molecule has 6 nitrogen and oxygen atoms in total. The van der Waals surface area contributed by atoms with Crippen LogP contribution in [0.3, 0.4) is 0 Å². The summed E-state index contributed by atoms with van der Waals surface area (Å²) in [5.41, 5.74) is 2.60. The quantitative estimate of drug-likeness (QED) is 0.662. The first kappa shape index (κ1) is 19.9. The first-order valence-corrected chi connectivity index (χ1v) is 10.4.